The second kappa shape index (κ2) is 12.0. The average molecular weight is 552 g/mol. The molecule has 1 saturated heterocycles. The van der Waals surface area contributed by atoms with E-state index in [1.165, 1.54) is 0 Å². The number of H-pyrrole nitrogens is 1. The van der Waals surface area contributed by atoms with Gasteiger partial charge in [-0.05, 0) is 72.0 Å². The van der Waals surface area contributed by atoms with Crippen molar-refractivity contribution < 1.29 is 14.1 Å². The van der Waals surface area contributed by atoms with Crippen LogP contribution in [0.25, 0.3) is 22.2 Å². The van der Waals surface area contributed by atoms with Gasteiger partial charge in [0.15, 0.2) is 12.8 Å². The number of nitrogens with zero attached hydrogens (tertiary/aromatic N) is 3. The molecule has 1 amide bonds. The fraction of sp³-hybridized carbons (Fsp3) is 0.533. The van der Waals surface area contributed by atoms with E-state index in [0.29, 0.717) is 29.1 Å². The second-order valence-corrected chi connectivity index (χ2v) is 12.3. The lowest BCUT2D eigenvalue weighted by atomic mass is 9.86. The van der Waals surface area contributed by atoms with Crippen molar-refractivity contribution in [2.45, 2.75) is 70.9 Å². The zero-order chi connectivity index (χ0) is 27.4. The molecule has 1 aromatic carbocycles. The summed E-state index contributed by atoms with van der Waals surface area (Å²) in [7, 11) is 0. The summed E-state index contributed by atoms with van der Waals surface area (Å²) < 4.78 is 7.63. The molecule has 1 aliphatic carbocycles. The van der Waals surface area contributed by atoms with Gasteiger partial charge in [-0.3, -0.25) is 0 Å². The van der Waals surface area contributed by atoms with Gasteiger partial charge in [0.2, 0.25) is 5.95 Å². The van der Waals surface area contributed by atoms with Gasteiger partial charge in [-0.25, -0.2) is 9.97 Å². The molecule has 208 valence electrons. The lowest BCUT2D eigenvalue weighted by Gasteiger charge is -2.27. The first-order valence-corrected chi connectivity index (χ1v) is 14.5. The van der Waals surface area contributed by atoms with Gasteiger partial charge in [-0.15, -0.1) is 4.58 Å². The third kappa shape index (κ3) is 7.17. The number of halogens is 1. The quantitative estimate of drug-likeness (QED) is 0.247. The van der Waals surface area contributed by atoms with E-state index in [2.05, 4.69) is 32.9 Å². The molecule has 39 heavy (non-hydrogen) atoms. The summed E-state index contributed by atoms with van der Waals surface area (Å²) in [6, 6.07) is 8.32. The smallest absolute Gasteiger partial charge is 0.406 e. The van der Waals surface area contributed by atoms with E-state index in [0.717, 1.165) is 68.1 Å². The van der Waals surface area contributed by atoms with Crippen molar-refractivity contribution in [3.8, 4) is 11.3 Å². The van der Waals surface area contributed by atoms with Crippen LogP contribution in [-0.2, 0) is 4.74 Å². The summed E-state index contributed by atoms with van der Waals surface area (Å²) in [5.74, 6) is 1.33. The van der Waals surface area contributed by atoms with Crippen LogP contribution in [-0.4, -0.2) is 63.1 Å². The molecule has 5 rings (SSSR count). The minimum Gasteiger partial charge on any atom is -0.406 e. The van der Waals surface area contributed by atoms with Gasteiger partial charge in [-0.1, -0.05) is 36.2 Å². The number of para-hydroxylation sites is 1. The molecule has 2 aliphatic rings. The highest BCUT2D eigenvalue weighted by Crippen LogP contribution is 2.33. The molecule has 9 heteroatoms. The van der Waals surface area contributed by atoms with Crippen LogP contribution >= 0.6 is 11.6 Å². The zero-order valence-electron chi connectivity index (χ0n) is 23.2. The molecule has 2 fully saturated rings. The normalized spacial score (nSPS) is 21.2. The summed E-state index contributed by atoms with van der Waals surface area (Å²) in [4.78, 5) is 25.8. The molecule has 1 aliphatic heterocycles. The number of piperidine rings is 1. The number of nitrogens with one attached hydrogen (secondary N) is 3. The number of hydrogen-bond acceptors (Lipinski definition) is 6. The Hall–Kier alpha value is -2.97. The van der Waals surface area contributed by atoms with Crippen LogP contribution < -0.4 is 10.6 Å². The summed E-state index contributed by atoms with van der Waals surface area (Å²) in [5.41, 5.74) is 2.19. The molecule has 3 aromatic rings. The number of fused-ring (bicyclic) bond motifs is 1. The Bertz CT molecular complexity index is 1320. The van der Waals surface area contributed by atoms with E-state index < -0.39 is 5.60 Å². The van der Waals surface area contributed by atoms with E-state index >= 15 is 0 Å². The van der Waals surface area contributed by atoms with E-state index in [4.69, 9.17) is 21.3 Å². The maximum absolute atomic E-state index is 13.2. The number of rotatable bonds is 6. The maximum atomic E-state index is 13.2. The fourth-order valence-electron chi connectivity index (χ4n) is 5.68. The highest BCUT2D eigenvalue weighted by molar-refractivity contribution is 6.33. The highest BCUT2D eigenvalue weighted by Gasteiger charge is 2.32. The Morgan fingerprint density at radius 1 is 1.21 bits per heavy atom. The van der Waals surface area contributed by atoms with Gasteiger partial charge >= 0.3 is 6.09 Å². The first kappa shape index (κ1) is 27.6. The van der Waals surface area contributed by atoms with Crippen molar-refractivity contribution in [1.82, 2.24) is 20.3 Å². The van der Waals surface area contributed by atoms with Crippen LogP contribution in [0.2, 0.25) is 5.02 Å². The molecular formula is C30H40ClN6O2+. The Kier molecular flexibility index (Phi) is 8.52. The number of aromatic nitrogens is 3. The van der Waals surface area contributed by atoms with Crippen molar-refractivity contribution >= 4 is 40.8 Å². The van der Waals surface area contributed by atoms with E-state index in [9.17, 15) is 4.79 Å². The highest BCUT2D eigenvalue weighted by atomic mass is 35.5. The summed E-state index contributed by atoms with van der Waals surface area (Å²) in [6.07, 6.45) is 11.7. The zero-order valence-corrected chi connectivity index (χ0v) is 23.9. The standard InChI is InChI=1S/C30H40ClN6O2/c1-30(2,3)39-29(38)37(18-20-11-13-32-14-12-20)19-21-7-6-8-22(15-21)35-28-34-17-25(31)27(36-28)24-16-33-26-10-5-4-9-23(24)26/h4-5,9-10,16-17,19-22,32-33H,6-8,11-15,18H2,1-3H3,(H,34,35,36)/q+1. The molecule has 2 aromatic heterocycles. The SMILES string of the molecule is CC(C)(C)OC(=O)[N+](=CC1CCCC(Nc2ncc(Cl)c(-c3c[nH]c4ccccc34)n2)C1)CC1CCNCC1. The number of aromatic amines is 1. The van der Waals surface area contributed by atoms with Gasteiger partial charge in [0.1, 0.15) is 5.60 Å². The fourth-order valence-corrected chi connectivity index (χ4v) is 5.88. The Labute approximate surface area is 235 Å². The van der Waals surface area contributed by atoms with E-state index in [1.807, 2.05) is 49.7 Å². The van der Waals surface area contributed by atoms with Crippen molar-refractivity contribution in [2.75, 3.05) is 25.0 Å². The van der Waals surface area contributed by atoms with E-state index in [-0.39, 0.29) is 18.1 Å². The van der Waals surface area contributed by atoms with Crippen molar-refractivity contribution in [3.05, 3.63) is 41.7 Å². The number of benzene rings is 1. The second-order valence-electron chi connectivity index (χ2n) is 11.9. The Morgan fingerprint density at radius 3 is 2.79 bits per heavy atom. The number of anilines is 1. The van der Waals surface area contributed by atoms with Crippen LogP contribution in [0.3, 0.4) is 0 Å². The number of carbonyl (C=O) groups is 1. The van der Waals surface area contributed by atoms with Crippen molar-refractivity contribution in [1.29, 1.82) is 0 Å². The monoisotopic (exact) mass is 551 g/mol. The van der Waals surface area contributed by atoms with Gasteiger partial charge < -0.3 is 20.4 Å². The molecule has 8 nitrogen and oxygen atoms in total. The van der Waals surface area contributed by atoms with Gasteiger partial charge in [0, 0.05) is 40.5 Å². The summed E-state index contributed by atoms with van der Waals surface area (Å²) >= 11 is 6.54. The first-order chi connectivity index (χ1) is 18.7. The topological polar surface area (TPSA) is 94.9 Å². The van der Waals surface area contributed by atoms with E-state index in [1.54, 1.807) is 6.20 Å². The molecule has 0 bridgehead atoms. The number of amides is 1. The lowest BCUT2D eigenvalue weighted by Crippen LogP contribution is -2.39. The van der Waals surface area contributed by atoms with Gasteiger partial charge in [0.05, 0.1) is 16.9 Å². The minimum atomic E-state index is -0.525. The number of hydrogen-bond donors (Lipinski definition) is 3. The van der Waals surface area contributed by atoms with Crippen LogP contribution in [0.15, 0.2) is 36.7 Å². The molecular weight excluding hydrogens is 512 g/mol. The third-order valence-electron chi connectivity index (χ3n) is 7.57. The molecule has 2 unspecified atom stereocenters. The van der Waals surface area contributed by atoms with Crippen LogP contribution in [0.4, 0.5) is 10.7 Å². The van der Waals surface area contributed by atoms with Crippen LogP contribution in [0.5, 0.6) is 0 Å². The maximum Gasteiger partial charge on any atom is 0.596 e. The lowest BCUT2D eigenvalue weighted by molar-refractivity contribution is -0.457. The predicted molar refractivity (Wildman–Crippen MR) is 157 cm³/mol. The van der Waals surface area contributed by atoms with Crippen LogP contribution in [0.1, 0.15) is 59.3 Å². The minimum absolute atomic E-state index is 0.205. The Morgan fingerprint density at radius 2 is 2.00 bits per heavy atom. The van der Waals surface area contributed by atoms with Crippen molar-refractivity contribution in [3.63, 3.8) is 0 Å². The van der Waals surface area contributed by atoms with Gasteiger partial charge in [-0.2, -0.15) is 4.79 Å². The molecule has 3 heterocycles. The Balaban J connectivity index is 1.31. The molecule has 1 saturated carbocycles. The van der Waals surface area contributed by atoms with Crippen LogP contribution in [0, 0.1) is 11.8 Å². The molecule has 0 spiro atoms. The molecule has 0 radical (unpaired) electrons. The molecule has 3 N–H and O–H groups in total. The molecule has 2 atom stereocenters. The number of carbonyl (C=O) groups excluding carboxylic acids is 1. The largest absolute Gasteiger partial charge is 0.596 e. The number of ether oxygens (including phenoxy) is 1. The summed E-state index contributed by atoms with van der Waals surface area (Å²) in [6.45, 7) is 8.48. The average Bonchev–Trinajstić information content (AvgIpc) is 3.33. The van der Waals surface area contributed by atoms with Gasteiger partial charge in [0.25, 0.3) is 0 Å². The predicted octanol–water partition coefficient (Wildman–Crippen LogP) is 6.27. The summed E-state index contributed by atoms with van der Waals surface area (Å²) in [5, 5.41) is 8.57. The van der Waals surface area contributed by atoms with Crippen molar-refractivity contribution in [2.24, 2.45) is 11.8 Å². The first-order valence-electron chi connectivity index (χ1n) is 14.2. The third-order valence-corrected chi connectivity index (χ3v) is 7.85.